The Morgan fingerprint density at radius 3 is 2.78 bits per heavy atom. The van der Waals surface area contributed by atoms with Crippen LogP contribution in [0.3, 0.4) is 0 Å². The second-order valence-corrected chi connectivity index (χ2v) is 5.52. The minimum atomic E-state index is -0.421. The number of halogens is 1. The van der Waals surface area contributed by atoms with Crippen LogP contribution < -0.4 is 0 Å². The maximum atomic E-state index is 12.6. The molecule has 6 nitrogen and oxygen atoms in total. The Labute approximate surface area is 141 Å². The van der Waals surface area contributed by atoms with E-state index in [1.807, 2.05) is 6.92 Å². The molecule has 0 radical (unpaired) electrons. The van der Waals surface area contributed by atoms with Gasteiger partial charge in [0.1, 0.15) is 5.69 Å². The standard InChI is InChI=1S/C16H23ClN2O4/c1-4-23-9-5-8-19(11-12(2)16(21)22-3)15(20)14-10-13(17)6-7-18-14/h6-7,10,12H,4-5,8-9,11H2,1-3H3/t12-/m0/s1. The number of hydrogen-bond acceptors (Lipinski definition) is 5. The van der Waals surface area contributed by atoms with E-state index in [1.54, 1.807) is 17.9 Å². The van der Waals surface area contributed by atoms with Gasteiger partial charge in [-0.05, 0) is 25.5 Å². The van der Waals surface area contributed by atoms with Gasteiger partial charge in [0.2, 0.25) is 0 Å². The van der Waals surface area contributed by atoms with Gasteiger partial charge in [-0.25, -0.2) is 0 Å². The molecule has 1 amide bonds. The van der Waals surface area contributed by atoms with Gasteiger partial charge in [0.15, 0.2) is 0 Å². The van der Waals surface area contributed by atoms with Crippen molar-refractivity contribution in [3.8, 4) is 0 Å². The Morgan fingerprint density at radius 2 is 2.17 bits per heavy atom. The number of carbonyl (C=O) groups is 2. The van der Waals surface area contributed by atoms with Gasteiger partial charge in [0.05, 0.1) is 13.0 Å². The van der Waals surface area contributed by atoms with Crippen molar-refractivity contribution in [2.45, 2.75) is 20.3 Å². The van der Waals surface area contributed by atoms with Gasteiger partial charge in [0.25, 0.3) is 5.91 Å². The smallest absolute Gasteiger partial charge is 0.310 e. The molecule has 0 fully saturated rings. The molecule has 0 aliphatic carbocycles. The van der Waals surface area contributed by atoms with Crippen molar-refractivity contribution in [2.24, 2.45) is 5.92 Å². The lowest BCUT2D eigenvalue weighted by molar-refractivity contribution is -0.145. The van der Waals surface area contributed by atoms with Gasteiger partial charge in [-0.15, -0.1) is 0 Å². The van der Waals surface area contributed by atoms with Crippen molar-refractivity contribution >= 4 is 23.5 Å². The molecule has 0 saturated carbocycles. The maximum absolute atomic E-state index is 12.6. The quantitative estimate of drug-likeness (QED) is 0.509. The average molecular weight is 343 g/mol. The largest absolute Gasteiger partial charge is 0.469 e. The molecule has 1 aromatic rings. The Balaban J connectivity index is 2.80. The molecule has 1 heterocycles. The van der Waals surface area contributed by atoms with Crippen molar-refractivity contribution in [3.63, 3.8) is 0 Å². The van der Waals surface area contributed by atoms with Gasteiger partial charge in [-0.1, -0.05) is 18.5 Å². The SMILES string of the molecule is CCOCCCN(C[C@H](C)C(=O)OC)C(=O)c1cc(Cl)ccn1. The van der Waals surface area contributed by atoms with Crippen LogP contribution in [0.15, 0.2) is 18.3 Å². The first-order valence-corrected chi connectivity index (χ1v) is 7.93. The van der Waals surface area contributed by atoms with Crippen LogP contribution in [0.4, 0.5) is 0 Å². The fraction of sp³-hybridized carbons (Fsp3) is 0.562. The number of rotatable bonds is 9. The zero-order valence-corrected chi connectivity index (χ0v) is 14.5. The van der Waals surface area contributed by atoms with Gasteiger partial charge in [-0.2, -0.15) is 0 Å². The van der Waals surface area contributed by atoms with Crippen LogP contribution >= 0.6 is 11.6 Å². The average Bonchev–Trinajstić information content (AvgIpc) is 2.56. The fourth-order valence-corrected chi connectivity index (χ4v) is 2.23. The summed E-state index contributed by atoms with van der Waals surface area (Å²) in [6.45, 7) is 5.54. The molecule has 128 valence electrons. The molecule has 0 aliphatic heterocycles. The van der Waals surface area contributed by atoms with Crippen molar-refractivity contribution in [2.75, 3.05) is 33.4 Å². The van der Waals surface area contributed by atoms with Crippen LogP contribution in [0.25, 0.3) is 0 Å². The highest BCUT2D eigenvalue weighted by atomic mass is 35.5. The van der Waals surface area contributed by atoms with E-state index < -0.39 is 5.92 Å². The van der Waals surface area contributed by atoms with Crippen molar-refractivity contribution in [3.05, 3.63) is 29.0 Å². The third-order valence-corrected chi connectivity index (χ3v) is 3.48. The number of methoxy groups -OCH3 is 1. The van der Waals surface area contributed by atoms with E-state index >= 15 is 0 Å². The van der Waals surface area contributed by atoms with Crippen LogP contribution in [-0.4, -0.2) is 55.2 Å². The summed E-state index contributed by atoms with van der Waals surface area (Å²) in [6, 6.07) is 3.12. The molecule has 7 heteroatoms. The van der Waals surface area contributed by atoms with E-state index in [1.165, 1.54) is 19.4 Å². The Kier molecular flexibility index (Phi) is 8.58. The van der Waals surface area contributed by atoms with E-state index in [9.17, 15) is 9.59 Å². The summed E-state index contributed by atoms with van der Waals surface area (Å²) in [5, 5.41) is 0.443. The molecule has 0 unspecified atom stereocenters. The second-order valence-electron chi connectivity index (χ2n) is 5.09. The maximum Gasteiger partial charge on any atom is 0.310 e. The van der Waals surface area contributed by atoms with Crippen LogP contribution in [-0.2, 0) is 14.3 Å². The van der Waals surface area contributed by atoms with E-state index in [0.717, 1.165) is 0 Å². The van der Waals surface area contributed by atoms with E-state index in [-0.39, 0.29) is 24.1 Å². The van der Waals surface area contributed by atoms with Crippen molar-refractivity contribution < 1.29 is 19.1 Å². The summed E-state index contributed by atoms with van der Waals surface area (Å²) in [4.78, 5) is 29.9. The molecule has 0 saturated heterocycles. The van der Waals surface area contributed by atoms with Crippen molar-refractivity contribution in [1.82, 2.24) is 9.88 Å². The third kappa shape index (κ3) is 6.54. The van der Waals surface area contributed by atoms with Crippen LogP contribution in [0, 0.1) is 5.92 Å². The molecule has 0 N–H and O–H groups in total. The highest BCUT2D eigenvalue weighted by molar-refractivity contribution is 6.30. The second kappa shape index (κ2) is 10.2. The minimum Gasteiger partial charge on any atom is -0.469 e. The molecule has 0 bridgehead atoms. The number of hydrogen-bond donors (Lipinski definition) is 0. The van der Waals surface area contributed by atoms with Crippen molar-refractivity contribution in [1.29, 1.82) is 0 Å². The lowest BCUT2D eigenvalue weighted by atomic mass is 10.1. The monoisotopic (exact) mass is 342 g/mol. The first-order valence-electron chi connectivity index (χ1n) is 7.56. The van der Waals surface area contributed by atoms with Crippen LogP contribution in [0.1, 0.15) is 30.8 Å². The normalized spacial score (nSPS) is 11.8. The predicted octanol–water partition coefficient (Wildman–Crippen LogP) is 2.41. The van der Waals surface area contributed by atoms with E-state index in [4.69, 9.17) is 21.1 Å². The molecule has 1 aromatic heterocycles. The number of pyridine rings is 1. The zero-order valence-electron chi connectivity index (χ0n) is 13.8. The predicted molar refractivity (Wildman–Crippen MR) is 87.4 cm³/mol. The molecule has 0 aliphatic rings. The molecule has 1 rings (SSSR count). The highest BCUT2D eigenvalue weighted by Gasteiger charge is 2.23. The van der Waals surface area contributed by atoms with E-state index in [0.29, 0.717) is 31.2 Å². The fourth-order valence-electron chi connectivity index (χ4n) is 2.07. The summed E-state index contributed by atoms with van der Waals surface area (Å²) >= 11 is 5.91. The summed E-state index contributed by atoms with van der Waals surface area (Å²) in [5.74, 6) is -1.04. The van der Waals surface area contributed by atoms with Gasteiger partial charge >= 0.3 is 5.97 Å². The first-order chi connectivity index (χ1) is 11.0. The summed E-state index contributed by atoms with van der Waals surface area (Å²) in [7, 11) is 1.33. The number of amides is 1. The minimum absolute atomic E-state index is 0.256. The molecular weight excluding hydrogens is 320 g/mol. The Morgan fingerprint density at radius 1 is 1.43 bits per heavy atom. The lowest BCUT2D eigenvalue weighted by Crippen LogP contribution is -2.38. The summed E-state index contributed by atoms with van der Waals surface area (Å²) in [6.07, 6.45) is 2.16. The third-order valence-electron chi connectivity index (χ3n) is 3.25. The van der Waals surface area contributed by atoms with Gasteiger partial charge in [0, 0.05) is 37.5 Å². The highest BCUT2D eigenvalue weighted by Crippen LogP contribution is 2.12. The zero-order chi connectivity index (χ0) is 17.2. The van der Waals surface area contributed by atoms with Gasteiger partial charge in [-0.3, -0.25) is 14.6 Å². The summed E-state index contributed by atoms with van der Waals surface area (Å²) in [5.41, 5.74) is 0.256. The van der Waals surface area contributed by atoms with Crippen LogP contribution in [0.2, 0.25) is 5.02 Å². The number of ether oxygens (including phenoxy) is 2. The van der Waals surface area contributed by atoms with Crippen LogP contribution in [0.5, 0.6) is 0 Å². The number of aromatic nitrogens is 1. The summed E-state index contributed by atoms with van der Waals surface area (Å²) < 4.78 is 10.0. The number of nitrogens with zero attached hydrogens (tertiary/aromatic N) is 2. The van der Waals surface area contributed by atoms with E-state index in [2.05, 4.69) is 4.98 Å². The van der Waals surface area contributed by atoms with Gasteiger partial charge < -0.3 is 14.4 Å². The molecular formula is C16H23ClN2O4. The Hall–Kier alpha value is -1.66. The molecule has 23 heavy (non-hydrogen) atoms. The lowest BCUT2D eigenvalue weighted by Gasteiger charge is -2.24. The number of esters is 1. The molecule has 0 spiro atoms. The topological polar surface area (TPSA) is 68.7 Å². The molecule has 0 aromatic carbocycles. The number of carbonyl (C=O) groups excluding carboxylic acids is 2. The molecule has 1 atom stereocenters. The first kappa shape index (κ1) is 19.4. The Bertz CT molecular complexity index is 525.